The number of hydrogen-bond donors (Lipinski definition) is 3. The Morgan fingerprint density at radius 1 is 0.949 bits per heavy atom. The smallest absolute Gasteiger partial charge is 0.305 e. The zero-order valence-corrected chi connectivity index (χ0v) is 21.8. The number of nitrogens with zero attached hydrogens (tertiary/aromatic N) is 1. The van der Waals surface area contributed by atoms with Crippen LogP contribution in [0.3, 0.4) is 0 Å². The van der Waals surface area contributed by atoms with Gasteiger partial charge in [0.1, 0.15) is 16.7 Å². The molecule has 3 atom stereocenters. The first kappa shape index (κ1) is 25.0. The summed E-state index contributed by atoms with van der Waals surface area (Å²) >= 11 is 2.28. The van der Waals surface area contributed by atoms with Gasteiger partial charge in [-0.25, -0.2) is 4.90 Å². The molecular formula is C28H21N3O6S2. The van der Waals surface area contributed by atoms with Crippen molar-refractivity contribution in [3.63, 3.8) is 0 Å². The van der Waals surface area contributed by atoms with Gasteiger partial charge in [0.2, 0.25) is 11.8 Å². The number of rotatable bonds is 6. The monoisotopic (exact) mass is 559 g/mol. The summed E-state index contributed by atoms with van der Waals surface area (Å²) in [7, 11) is 0. The average Bonchev–Trinajstić information content (AvgIpc) is 3.43. The Kier molecular flexibility index (Phi) is 6.45. The maximum atomic E-state index is 13.7. The minimum Gasteiger partial charge on any atom is -0.508 e. The number of aromatic amines is 1. The first-order chi connectivity index (χ1) is 18.9. The molecule has 11 heteroatoms. The Labute approximate surface area is 230 Å². The number of thioether (sulfide) groups is 1. The minimum atomic E-state index is -0.676. The predicted molar refractivity (Wildman–Crippen MR) is 148 cm³/mol. The molecule has 6 rings (SSSR count). The molecule has 1 saturated heterocycles. The Hall–Kier alpha value is -4.35. The lowest BCUT2D eigenvalue weighted by Crippen LogP contribution is -2.32. The van der Waals surface area contributed by atoms with Gasteiger partial charge >= 0.3 is 4.87 Å². The van der Waals surface area contributed by atoms with E-state index in [2.05, 4.69) is 10.3 Å². The number of benzene rings is 3. The van der Waals surface area contributed by atoms with Gasteiger partial charge in [-0.15, -0.1) is 0 Å². The molecule has 3 N–H and O–H groups in total. The van der Waals surface area contributed by atoms with Crippen LogP contribution in [-0.2, 0) is 14.4 Å². The summed E-state index contributed by atoms with van der Waals surface area (Å²) in [5.41, 5.74) is 1.81. The van der Waals surface area contributed by atoms with Gasteiger partial charge in [-0.3, -0.25) is 19.2 Å². The van der Waals surface area contributed by atoms with Crippen molar-refractivity contribution in [2.24, 2.45) is 5.92 Å². The molecule has 3 unspecified atom stereocenters. The Bertz CT molecular complexity index is 1620. The third-order valence-corrected chi connectivity index (χ3v) is 9.00. The van der Waals surface area contributed by atoms with Gasteiger partial charge < -0.3 is 20.1 Å². The zero-order valence-electron chi connectivity index (χ0n) is 20.2. The summed E-state index contributed by atoms with van der Waals surface area (Å²) in [5.74, 6) is -1.59. The van der Waals surface area contributed by atoms with Crippen LogP contribution < -0.4 is 19.8 Å². The summed E-state index contributed by atoms with van der Waals surface area (Å²) in [6.45, 7) is -0.229. The molecule has 1 fully saturated rings. The van der Waals surface area contributed by atoms with E-state index < -0.39 is 17.1 Å². The number of phenolic OH excluding ortho intramolecular Hbond substituents is 1. The molecule has 3 heterocycles. The van der Waals surface area contributed by atoms with E-state index in [0.717, 1.165) is 21.8 Å². The van der Waals surface area contributed by atoms with Gasteiger partial charge in [-0.2, -0.15) is 0 Å². The number of hydrogen-bond acceptors (Lipinski definition) is 8. The second kappa shape index (κ2) is 10.1. The van der Waals surface area contributed by atoms with Crippen LogP contribution >= 0.6 is 23.1 Å². The fraction of sp³-hybridized carbons (Fsp3) is 0.143. The fourth-order valence-corrected chi connectivity index (χ4v) is 7.39. The molecule has 3 amide bonds. The lowest BCUT2D eigenvalue weighted by Gasteiger charge is -2.29. The number of anilines is 2. The molecule has 2 aliphatic rings. The maximum Gasteiger partial charge on any atom is 0.305 e. The Balaban J connectivity index is 1.24. The highest BCUT2D eigenvalue weighted by Gasteiger charge is 2.56. The molecule has 2 aliphatic heterocycles. The zero-order chi connectivity index (χ0) is 27.1. The van der Waals surface area contributed by atoms with Gasteiger partial charge in [0.05, 0.1) is 16.6 Å². The molecule has 0 spiro atoms. The van der Waals surface area contributed by atoms with Gasteiger partial charge in [0.15, 0.2) is 6.61 Å². The highest BCUT2D eigenvalue weighted by atomic mass is 32.2. The van der Waals surface area contributed by atoms with Crippen LogP contribution in [0.25, 0.3) is 0 Å². The highest BCUT2D eigenvalue weighted by molar-refractivity contribution is 8.00. The topological polar surface area (TPSA) is 129 Å². The predicted octanol–water partition coefficient (Wildman–Crippen LogP) is 3.96. The molecule has 39 heavy (non-hydrogen) atoms. The first-order valence-electron chi connectivity index (χ1n) is 12.0. The third kappa shape index (κ3) is 4.70. The molecule has 4 aromatic rings. The van der Waals surface area contributed by atoms with E-state index in [-0.39, 0.29) is 35.0 Å². The summed E-state index contributed by atoms with van der Waals surface area (Å²) in [5, 5.41) is 12.0. The van der Waals surface area contributed by atoms with E-state index in [9.17, 15) is 24.3 Å². The molecule has 3 aromatic carbocycles. The van der Waals surface area contributed by atoms with Crippen molar-refractivity contribution in [1.82, 2.24) is 4.98 Å². The molecule has 196 valence electrons. The van der Waals surface area contributed by atoms with Crippen molar-refractivity contribution in [2.45, 2.75) is 16.2 Å². The number of H-pyrrole nitrogens is 1. The van der Waals surface area contributed by atoms with E-state index in [1.165, 1.54) is 28.8 Å². The summed E-state index contributed by atoms with van der Waals surface area (Å²) < 4.78 is 5.63. The van der Waals surface area contributed by atoms with E-state index in [1.807, 2.05) is 6.07 Å². The van der Waals surface area contributed by atoms with E-state index in [4.69, 9.17) is 4.74 Å². The highest BCUT2D eigenvalue weighted by Crippen LogP contribution is 2.53. The van der Waals surface area contributed by atoms with Crippen LogP contribution in [0.4, 0.5) is 11.4 Å². The maximum absolute atomic E-state index is 13.7. The van der Waals surface area contributed by atoms with Crippen LogP contribution in [0.2, 0.25) is 0 Å². The van der Waals surface area contributed by atoms with Gasteiger partial charge in [-0.1, -0.05) is 53.4 Å². The van der Waals surface area contributed by atoms with Crippen molar-refractivity contribution in [1.29, 1.82) is 0 Å². The number of fused-ring (bicyclic) bond motifs is 2. The number of carbonyl (C=O) groups is 3. The van der Waals surface area contributed by atoms with Gasteiger partial charge in [-0.05, 0) is 54.1 Å². The SMILES string of the molecule is O=C(COc1ccc(C2c3sc(=O)[nH]c3SC3C(=O)N(c4ccccc4)C(=O)C32)cc1)Nc1ccc(O)cc1. The molecule has 1 aromatic heterocycles. The normalized spacial score (nSPS) is 19.9. The van der Waals surface area contributed by atoms with Gasteiger partial charge in [0.25, 0.3) is 5.91 Å². The molecular weight excluding hydrogens is 538 g/mol. The van der Waals surface area contributed by atoms with Crippen molar-refractivity contribution >= 4 is 52.2 Å². The van der Waals surface area contributed by atoms with E-state index in [1.54, 1.807) is 60.7 Å². The summed E-state index contributed by atoms with van der Waals surface area (Å²) in [6, 6.07) is 21.9. The van der Waals surface area contributed by atoms with Gasteiger partial charge in [0, 0.05) is 16.5 Å². The lowest BCUT2D eigenvalue weighted by molar-refractivity contribution is -0.122. The third-order valence-electron chi connectivity index (χ3n) is 6.60. The van der Waals surface area contributed by atoms with E-state index >= 15 is 0 Å². The quantitative estimate of drug-likeness (QED) is 0.241. The molecule has 0 saturated carbocycles. The van der Waals surface area contributed by atoms with Crippen LogP contribution in [0.1, 0.15) is 16.4 Å². The van der Waals surface area contributed by atoms with Crippen molar-refractivity contribution in [3.05, 3.63) is 99.0 Å². The molecule has 9 nitrogen and oxygen atoms in total. The number of aromatic hydroxyl groups is 1. The number of para-hydroxylation sites is 1. The summed E-state index contributed by atoms with van der Waals surface area (Å²) in [6.07, 6.45) is 0. The molecule has 0 bridgehead atoms. The second-order valence-electron chi connectivity index (χ2n) is 9.05. The fourth-order valence-electron chi connectivity index (χ4n) is 4.87. The number of phenols is 1. The standard InChI is InChI=1S/C28H21N3O6S2/c32-18-10-8-16(9-11-18)29-20(33)14-37-19-12-6-15(7-13-19)21-22-24(38-25-23(21)39-28(36)30-25)27(35)31(26(22)34)17-4-2-1-3-5-17/h1-13,21-22,24,32H,14H2,(H,29,33)(H,30,36). The molecule has 0 radical (unpaired) electrons. The Morgan fingerprint density at radius 3 is 2.38 bits per heavy atom. The largest absolute Gasteiger partial charge is 0.508 e. The summed E-state index contributed by atoms with van der Waals surface area (Å²) in [4.78, 5) is 56.2. The first-order valence-corrected chi connectivity index (χ1v) is 13.7. The van der Waals surface area contributed by atoms with Crippen LogP contribution in [0, 0.1) is 5.92 Å². The van der Waals surface area contributed by atoms with Crippen molar-refractivity contribution < 1.29 is 24.2 Å². The van der Waals surface area contributed by atoms with Crippen molar-refractivity contribution in [3.8, 4) is 11.5 Å². The van der Waals surface area contributed by atoms with Crippen molar-refractivity contribution in [2.75, 3.05) is 16.8 Å². The minimum absolute atomic E-state index is 0.0997. The number of amides is 3. The number of nitrogens with one attached hydrogen (secondary N) is 2. The van der Waals surface area contributed by atoms with Crippen LogP contribution in [-0.4, -0.2) is 39.7 Å². The molecule has 0 aliphatic carbocycles. The lowest BCUT2D eigenvalue weighted by atomic mass is 9.83. The number of imide groups is 1. The number of carbonyl (C=O) groups excluding carboxylic acids is 3. The number of aromatic nitrogens is 1. The Morgan fingerprint density at radius 2 is 1.67 bits per heavy atom. The van der Waals surface area contributed by atoms with E-state index in [0.29, 0.717) is 22.2 Å². The number of ether oxygens (including phenoxy) is 1. The second-order valence-corrected chi connectivity index (χ2v) is 11.2. The number of thiazole rings is 1. The average molecular weight is 560 g/mol. The van der Waals surface area contributed by atoms with Crippen LogP contribution in [0.15, 0.2) is 88.7 Å². The van der Waals surface area contributed by atoms with Crippen LogP contribution in [0.5, 0.6) is 11.5 Å².